The second-order valence-electron chi connectivity index (χ2n) is 7.65. The zero-order valence-electron chi connectivity index (χ0n) is 16.4. The summed E-state index contributed by atoms with van der Waals surface area (Å²) in [5.74, 6) is -0.571. The van der Waals surface area contributed by atoms with Gasteiger partial charge in [-0.1, -0.05) is 39.8 Å². The SMILES string of the molecule is Cc1cc(Br)cc(C)c1N1C(=NC(=O)Cc2ccc(F)cc2)SC2CS(=O)(=O)CC21. The van der Waals surface area contributed by atoms with Gasteiger partial charge in [0.05, 0.1) is 24.0 Å². The van der Waals surface area contributed by atoms with Crippen molar-refractivity contribution in [2.75, 3.05) is 16.4 Å². The Balaban J connectivity index is 1.70. The number of hydrogen-bond acceptors (Lipinski definition) is 4. The minimum absolute atomic E-state index is 0.0464. The smallest absolute Gasteiger partial charge is 0.252 e. The Hall–Kier alpha value is -1.71. The fraction of sp³-hybridized carbons (Fsp3) is 0.333. The molecule has 30 heavy (non-hydrogen) atoms. The molecule has 0 radical (unpaired) electrons. The van der Waals surface area contributed by atoms with Crippen molar-refractivity contribution in [1.82, 2.24) is 0 Å². The van der Waals surface area contributed by atoms with Crippen LogP contribution < -0.4 is 4.90 Å². The lowest BCUT2D eigenvalue weighted by atomic mass is 10.1. The van der Waals surface area contributed by atoms with E-state index in [0.29, 0.717) is 10.7 Å². The quantitative estimate of drug-likeness (QED) is 0.622. The van der Waals surface area contributed by atoms with Crippen molar-refractivity contribution in [2.45, 2.75) is 31.6 Å². The number of aliphatic imine (C=N–C) groups is 1. The van der Waals surface area contributed by atoms with Crippen LogP contribution in [0.5, 0.6) is 0 Å². The molecule has 2 atom stereocenters. The van der Waals surface area contributed by atoms with Crippen LogP contribution in [-0.2, 0) is 21.1 Å². The summed E-state index contributed by atoms with van der Waals surface area (Å²) < 4.78 is 38.6. The van der Waals surface area contributed by atoms with Gasteiger partial charge in [0.25, 0.3) is 5.91 Å². The van der Waals surface area contributed by atoms with Crippen molar-refractivity contribution < 1.29 is 17.6 Å². The molecular formula is C21H20BrFN2O3S2. The number of amides is 1. The number of fused-ring (bicyclic) bond motifs is 1. The summed E-state index contributed by atoms with van der Waals surface area (Å²) in [6.07, 6.45) is 0.0596. The molecule has 158 valence electrons. The molecule has 2 aromatic rings. The molecule has 0 aliphatic carbocycles. The van der Waals surface area contributed by atoms with Crippen LogP contribution in [-0.4, -0.2) is 42.3 Å². The van der Waals surface area contributed by atoms with E-state index < -0.39 is 9.84 Å². The third kappa shape index (κ3) is 4.33. The van der Waals surface area contributed by atoms with E-state index in [1.54, 1.807) is 12.1 Å². The van der Waals surface area contributed by atoms with Crippen LogP contribution in [0.2, 0.25) is 0 Å². The van der Waals surface area contributed by atoms with Crippen molar-refractivity contribution in [2.24, 2.45) is 4.99 Å². The van der Waals surface area contributed by atoms with E-state index in [1.165, 1.54) is 23.9 Å². The lowest BCUT2D eigenvalue weighted by Gasteiger charge is -2.28. The topological polar surface area (TPSA) is 66.8 Å². The number of rotatable bonds is 3. The largest absolute Gasteiger partial charge is 0.315 e. The molecule has 4 rings (SSSR count). The number of hydrogen-bond donors (Lipinski definition) is 0. The molecule has 0 aromatic heterocycles. The molecule has 2 aliphatic rings. The van der Waals surface area contributed by atoms with Gasteiger partial charge in [-0.25, -0.2) is 12.8 Å². The fourth-order valence-corrected chi connectivity index (χ4v) is 8.64. The van der Waals surface area contributed by atoms with Crippen LogP contribution in [0.4, 0.5) is 10.1 Å². The predicted octanol–water partition coefficient (Wildman–Crippen LogP) is 4.05. The maximum absolute atomic E-state index is 13.1. The summed E-state index contributed by atoms with van der Waals surface area (Å²) in [6, 6.07) is 9.46. The van der Waals surface area contributed by atoms with Crippen molar-refractivity contribution in [3.8, 4) is 0 Å². The van der Waals surface area contributed by atoms with Crippen LogP contribution in [0.25, 0.3) is 0 Å². The number of benzene rings is 2. The Morgan fingerprint density at radius 2 is 1.83 bits per heavy atom. The lowest BCUT2D eigenvalue weighted by molar-refractivity contribution is -0.117. The second kappa shape index (κ2) is 8.09. The van der Waals surface area contributed by atoms with Crippen LogP contribution in [0.3, 0.4) is 0 Å². The number of carbonyl (C=O) groups excluding carboxylic acids is 1. The molecule has 0 spiro atoms. The summed E-state index contributed by atoms with van der Waals surface area (Å²) in [5.41, 5.74) is 3.53. The van der Waals surface area contributed by atoms with Crippen molar-refractivity contribution >= 4 is 54.3 Å². The third-order valence-corrected chi connectivity index (χ3v) is 8.92. The van der Waals surface area contributed by atoms with E-state index in [9.17, 15) is 17.6 Å². The number of thioether (sulfide) groups is 1. The van der Waals surface area contributed by atoms with Gasteiger partial charge in [-0.3, -0.25) is 4.79 Å². The number of halogens is 2. The number of anilines is 1. The van der Waals surface area contributed by atoms with Gasteiger partial charge in [-0.15, -0.1) is 0 Å². The first kappa shape index (κ1) is 21.5. The number of aryl methyl sites for hydroxylation is 2. The summed E-state index contributed by atoms with van der Waals surface area (Å²) in [7, 11) is -3.13. The zero-order valence-corrected chi connectivity index (χ0v) is 19.7. The van der Waals surface area contributed by atoms with E-state index in [0.717, 1.165) is 21.3 Å². The Kier molecular flexibility index (Phi) is 5.80. The van der Waals surface area contributed by atoms with Gasteiger partial charge < -0.3 is 4.90 Å². The highest BCUT2D eigenvalue weighted by Crippen LogP contribution is 2.43. The normalized spacial score (nSPS) is 23.7. The second-order valence-corrected chi connectivity index (χ2v) is 11.9. The molecule has 5 nitrogen and oxygen atoms in total. The van der Waals surface area contributed by atoms with Crippen molar-refractivity contribution in [3.63, 3.8) is 0 Å². The summed E-state index contributed by atoms with van der Waals surface area (Å²) in [5, 5.41) is 0.371. The number of nitrogens with zero attached hydrogens (tertiary/aromatic N) is 2. The van der Waals surface area contributed by atoms with Gasteiger partial charge in [0.1, 0.15) is 5.82 Å². The maximum Gasteiger partial charge on any atom is 0.252 e. The van der Waals surface area contributed by atoms with Gasteiger partial charge >= 0.3 is 0 Å². The van der Waals surface area contributed by atoms with E-state index in [2.05, 4.69) is 20.9 Å². The Labute approximate surface area is 187 Å². The Morgan fingerprint density at radius 3 is 2.47 bits per heavy atom. The molecule has 2 aliphatic heterocycles. The van der Waals surface area contributed by atoms with E-state index in [4.69, 9.17) is 0 Å². The fourth-order valence-electron chi connectivity index (χ4n) is 4.03. The highest BCUT2D eigenvalue weighted by Gasteiger charge is 2.50. The molecule has 1 amide bonds. The van der Waals surface area contributed by atoms with E-state index in [-0.39, 0.29) is 40.9 Å². The molecule has 0 N–H and O–H groups in total. The zero-order chi connectivity index (χ0) is 21.6. The number of sulfone groups is 1. The van der Waals surface area contributed by atoms with Crippen molar-refractivity contribution in [1.29, 1.82) is 0 Å². The predicted molar refractivity (Wildman–Crippen MR) is 122 cm³/mol. The molecule has 2 heterocycles. The first-order valence-corrected chi connectivity index (χ1v) is 12.9. The number of carbonyl (C=O) groups is 1. The minimum atomic E-state index is -3.13. The monoisotopic (exact) mass is 510 g/mol. The molecule has 2 aromatic carbocycles. The molecule has 2 unspecified atom stereocenters. The minimum Gasteiger partial charge on any atom is -0.315 e. The molecule has 0 saturated carbocycles. The van der Waals surface area contributed by atoms with Crippen LogP contribution in [0.15, 0.2) is 45.9 Å². The first-order valence-electron chi connectivity index (χ1n) is 9.42. The van der Waals surface area contributed by atoms with E-state index in [1.807, 2.05) is 30.9 Å². The van der Waals surface area contributed by atoms with Gasteiger partial charge in [0.2, 0.25) is 0 Å². The Bertz CT molecular complexity index is 1130. The standard InChI is InChI=1S/C21H20BrFN2O3S2/c1-12-7-15(22)8-13(2)20(12)25-17-10-30(27,28)11-18(17)29-21(25)24-19(26)9-14-3-5-16(23)6-4-14/h3-8,17-18H,9-11H2,1-2H3. The average Bonchev–Trinajstić information content (AvgIpc) is 3.08. The Morgan fingerprint density at radius 1 is 1.20 bits per heavy atom. The molecule has 0 bridgehead atoms. The lowest BCUT2D eigenvalue weighted by Crippen LogP contribution is -2.38. The summed E-state index contributed by atoms with van der Waals surface area (Å²) in [4.78, 5) is 18.9. The van der Waals surface area contributed by atoms with Crippen molar-refractivity contribution in [3.05, 3.63) is 63.4 Å². The summed E-state index contributed by atoms with van der Waals surface area (Å²) >= 11 is 4.85. The third-order valence-electron chi connectivity index (χ3n) is 5.25. The molecule has 2 fully saturated rings. The van der Waals surface area contributed by atoms with Gasteiger partial charge in [-0.05, 0) is 54.8 Å². The summed E-state index contributed by atoms with van der Waals surface area (Å²) in [6.45, 7) is 3.93. The maximum atomic E-state index is 13.1. The van der Waals surface area contributed by atoms with Gasteiger partial charge in [0, 0.05) is 15.4 Å². The first-order chi connectivity index (χ1) is 14.1. The number of amidine groups is 1. The van der Waals surface area contributed by atoms with Crippen LogP contribution >= 0.6 is 27.7 Å². The van der Waals surface area contributed by atoms with Gasteiger partial charge in [0.15, 0.2) is 15.0 Å². The average molecular weight is 511 g/mol. The van der Waals surface area contributed by atoms with Crippen LogP contribution in [0, 0.1) is 19.7 Å². The highest BCUT2D eigenvalue weighted by atomic mass is 79.9. The molecule has 2 saturated heterocycles. The molecule has 9 heteroatoms. The highest BCUT2D eigenvalue weighted by molar-refractivity contribution is 9.10. The van der Waals surface area contributed by atoms with Gasteiger partial charge in [-0.2, -0.15) is 4.99 Å². The van der Waals surface area contributed by atoms with E-state index >= 15 is 0 Å². The molecular weight excluding hydrogens is 491 g/mol. The van der Waals surface area contributed by atoms with Crippen LogP contribution in [0.1, 0.15) is 16.7 Å².